The summed E-state index contributed by atoms with van der Waals surface area (Å²) in [5.74, 6) is 0.194. The normalized spacial score (nSPS) is 23.6. The van der Waals surface area contributed by atoms with E-state index in [2.05, 4.69) is 24.1 Å². The van der Waals surface area contributed by atoms with Crippen LogP contribution < -0.4 is 5.32 Å². The van der Waals surface area contributed by atoms with Crippen LogP contribution in [0.25, 0.3) is 0 Å². The van der Waals surface area contributed by atoms with Crippen molar-refractivity contribution in [2.75, 3.05) is 18.4 Å². The average Bonchev–Trinajstić information content (AvgIpc) is 3.08. The predicted molar refractivity (Wildman–Crippen MR) is 125 cm³/mol. The van der Waals surface area contributed by atoms with Crippen molar-refractivity contribution in [1.82, 2.24) is 9.29 Å². The minimum absolute atomic E-state index is 0.0485. The monoisotopic (exact) mass is 475 g/mol. The van der Waals surface area contributed by atoms with Gasteiger partial charge in [-0.2, -0.15) is 4.31 Å². The van der Waals surface area contributed by atoms with E-state index in [0.29, 0.717) is 47.8 Å². The fourth-order valence-corrected chi connectivity index (χ4v) is 7.33. The van der Waals surface area contributed by atoms with Crippen LogP contribution in [0.1, 0.15) is 66.3 Å². The van der Waals surface area contributed by atoms with E-state index in [1.165, 1.54) is 27.8 Å². The maximum atomic E-state index is 13.2. The Bertz CT molecular complexity index is 1160. The van der Waals surface area contributed by atoms with Crippen LogP contribution in [0.4, 0.5) is 5.13 Å². The van der Waals surface area contributed by atoms with Gasteiger partial charge in [0.2, 0.25) is 10.0 Å². The molecule has 0 bridgehead atoms. The molecule has 1 amide bonds. The average molecular weight is 476 g/mol. The van der Waals surface area contributed by atoms with Gasteiger partial charge in [0.25, 0.3) is 5.91 Å². The second kappa shape index (κ2) is 8.35. The molecule has 1 aliphatic carbocycles. The molecule has 2 atom stereocenters. The van der Waals surface area contributed by atoms with Crippen molar-refractivity contribution in [3.63, 3.8) is 0 Å². The number of sulfonamides is 1. The second-order valence-electron chi connectivity index (χ2n) is 9.99. The Morgan fingerprint density at radius 3 is 2.56 bits per heavy atom. The third-order valence-electron chi connectivity index (χ3n) is 6.03. The van der Waals surface area contributed by atoms with Crippen molar-refractivity contribution in [2.24, 2.45) is 17.3 Å². The van der Waals surface area contributed by atoms with Crippen LogP contribution >= 0.6 is 11.3 Å². The van der Waals surface area contributed by atoms with Gasteiger partial charge in [0.05, 0.1) is 15.5 Å². The summed E-state index contributed by atoms with van der Waals surface area (Å²) in [5, 5.41) is 3.10. The molecule has 1 aliphatic heterocycles. The molecule has 32 heavy (non-hydrogen) atoms. The summed E-state index contributed by atoms with van der Waals surface area (Å²) < 4.78 is 27.9. The van der Waals surface area contributed by atoms with E-state index in [-0.39, 0.29) is 21.7 Å². The Morgan fingerprint density at radius 1 is 1.19 bits per heavy atom. The number of thiazole rings is 1. The number of benzene rings is 1. The van der Waals surface area contributed by atoms with Crippen LogP contribution in [0.5, 0.6) is 0 Å². The zero-order valence-corrected chi connectivity index (χ0v) is 20.5. The molecule has 0 radical (unpaired) electrons. The number of anilines is 1. The van der Waals surface area contributed by atoms with E-state index in [9.17, 15) is 18.0 Å². The van der Waals surface area contributed by atoms with E-state index in [1.807, 2.05) is 13.8 Å². The highest BCUT2D eigenvalue weighted by molar-refractivity contribution is 7.89. The van der Waals surface area contributed by atoms with Crippen LogP contribution in [0.2, 0.25) is 0 Å². The maximum Gasteiger partial charge on any atom is 0.257 e. The lowest BCUT2D eigenvalue weighted by atomic mass is 9.78. The first-order valence-electron chi connectivity index (χ1n) is 10.9. The van der Waals surface area contributed by atoms with Crippen LogP contribution in [-0.2, 0) is 16.4 Å². The largest absolute Gasteiger partial charge is 0.298 e. The summed E-state index contributed by atoms with van der Waals surface area (Å²) in [6.45, 7) is 9.14. The van der Waals surface area contributed by atoms with Crippen LogP contribution in [0.15, 0.2) is 29.2 Å². The Labute approximate surface area is 193 Å². The van der Waals surface area contributed by atoms with Gasteiger partial charge >= 0.3 is 0 Å². The molecule has 172 valence electrons. The van der Waals surface area contributed by atoms with Gasteiger partial charge in [0.1, 0.15) is 0 Å². The molecule has 1 aromatic heterocycles. The third kappa shape index (κ3) is 4.65. The van der Waals surface area contributed by atoms with Crippen molar-refractivity contribution >= 4 is 38.2 Å². The third-order valence-corrected chi connectivity index (χ3v) is 8.91. The summed E-state index contributed by atoms with van der Waals surface area (Å²) in [7, 11) is -3.68. The van der Waals surface area contributed by atoms with Gasteiger partial charge < -0.3 is 0 Å². The van der Waals surface area contributed by atoms with E-state index in [4.69, 9.17) is 0 Å². The number of carbonyl (C=O) groups excluding carboxylic acids is 2. The number of amides is 1. The molecule has 1 fully saturated rings. The van der Waals surface area contributed by atoms with Gasteiger partial charge in [-0.3, -0.25) is 14.9 Å². The summed E-state index contributed by atoms with van der Waals surface area (Å²) in [6.07, 6.45) is 2.15. The number of ketones is 1. The SMILES string of the molecule is C[C@@H]1C[C@H](C)CN(S(=O)(=O)c2cccc(C(=O)Nc3nc4c(s3)C(=O)CC(C)(C)C4)c2)C1. The van der Waals surface area contributed by atoms with Gasteiger partial charge in [-0.1, -0.05) is 45.1 Å². The molecule has 7 nitrogen and oxygen atoms in total. The molecule has 4 rings (SSSR count). The number of aromatic nitrogens is 1. The van der Waals surface area contributed by atoms with Gasteiger partial charge in [0, 0.05) is 25.1 Å². The molecule has 0 saturated carbocycles. The van der Waals surface area contributed by atoms with Gasteiger partial charge in [0.15, 0.2) is 10.9 Å². The number of hydrogen-bond acceptors (Lipinski definition) is 6. The molecular weight excluding hydrogens is 446 g/mol. The van der Waals surface area contributed by atoms with Crippen LogP contribution in [0, 0.1) is 17.3 Å². The number of nitrogens with zero attached hydrogens (tertiary/aromatic N) is 2. The number of rotatable bonds is 4. The summed E-state index contributed by atoms with van der Waals surface area (Å²) >= 11 is 1.18. The fourth-order valence-electron chi connectivity index (χ4n) is 4.69. The molecule has 0 spiro atoms. The van der Waals surface area contributed by atoms with E-state index in [1.54, 1.807) is 12.1 Å². The number of hydrogen-bond donors (Lipinski definition) is 1. The molecule has 1 N–H and O–H groups in total. The number of Topliss-reactive ketones (excluding diaryl/α,β-unsaturated/α-hetero) is 1. The van der Waals surface area contributed by atoms with Crippen molar-refractivity contribution in [1.29, 1.82) is 0 Å². The summed E-state index contributed by atoms with van der Waals surface area (Å²) in [6, 6.07) is 6.10. The quantitative estimate of drug-likeness (QED) is 0.714. The number of nitrogens with one attached hydrogen (secondary N) is 1. The van der Waals surface area contributed by atoms with Crippen LogP contribution in [-0.4, -0.2) is 42.5 Å². The Hall–Kier alpha value is -2.10. The fraction of sp³-hybridized carbons (Fsp3) is 0.522. The Kier molecular flexibility index (Phi) is 6.02. The molecular formula is C23H29N3O4S2. The molecule has 2 aromatic rings. The van der Waals surface area contributed by atoms with Gasteiger partial charge in [-0.15, -0.1) is 0 Å². The lowest BCUT2D eigenvalue weighted by Gasteiger charge is -2.34. The van der Waals surface area contributed by atoms with Gasteiger partial charge in [-0.05, 0) is 48.3 Å². The van der Waals surface area contributed by atoms with E-state index >= 15 is 0 Å². The van der Waals surface area contributed by atoms with Crippen molar-refractivity contribution in [2.45, 2.75) is 51.9 Å². The minimum Gasteiger partial charge on any atom is -0.298 e. The standard InChI is InChI=1S/C23H29N3O4S2/c1-14-8-15(2)13-26(12-14)32(29,30)17-7-5-6-16(9-17)21(28)25-22-24-18-10-23(3,4)11-19(27)20(18)31-22/h5-7,9,14-15H,8,10-13H2,1-4H3,(H,24,25,28)/t14-,15+. The molecule has 1 aromatic carbocycles. The zero-order chi connectivity index (χ0) is 23.3. The lowest BCUT2D eigenvalue weighted by Crippen LogP contribution is -2.42. The van der Waals surface area contributed by atoms with Crippen molar-refractivity contribution in [3.8, 4) is 0 Å². The number of carbonyl (C=O) groups is 2. The minimum atomic E-state index is -3.68. The lowest BCUT2D eigenvalue weighted by molar-refractivity contribution is 0.0915. The highest BCUT2D eigenvalue weighted by Crippen LogP contribution is 2.38. The van der Waals surface area contributed by atoms with Crippen molar-refractivity contribution < 1.29 is 18.0 Å². The highest BCUT2D eigenvalue weighted by Gasteiger charge is 2.34. The molecule has 2 aliphatic rings. The number of fused-ring (bicyclic) bond motifs is 1. The topological polar surface area (TPSA) is 96.4 Å². The van der Waals surface area contributed by atoms with E-state index < -0.39 is 15.9 Å². The predicted octanol–water partition coefficient (Wildman–Crippen LogP) is 4.22. The van der Waals surface area contributed by atoms with Crippen molar-refractivity contribution in [3.05, 3.63) is 40.4 Å². The first-order valence-corrected chi connectivity index (χ1v) is 13.1. The molecule has 2 heterocycles. The first-order chi connectivity index (χ1) is 14.9. The van der Waals surface area contributed by atoms with E-state index in [0.717, 1.165) is 12.1 Å². The molecule has 0 unspecified atom stereocenters. The highest BCUT2D eigenvalue weighted by atomic mass is 32.2. The smallest absolute Gasteiger partial charge is 0.257 e. The Balaban J connectivity index is 1.54. The molecule has 1 saturated heterocycles. The maximum absolute atomic E-state index is 13.2. The Morgan fingerprint density at radius 2 is 1.88 bits per heavy atom. The first kappa shape index (κ1) is 23.1. The molecule has 9 heteroatoms. The second-order valence-corrected chi connectivity index (χ2v) is 12.9. The summed E-state index contributed by atoms with van der Waals surface area (Å²) in [4.78, 5) is 30.4. The van der Waals surface area contributed by atoms with Crippen LogP contribution in [0.3, 0.4) is 0 Å². The van der Waals surface area contributed by atoms with Gasteiger partial charge in [-0.25, -0.2) is 13.4 Å². The zero-order valence-electron chi connectivity index (χ0n) is 18.8. The summed E-state index contributed by atoms with van der Waals surface area (Å²) in [5.41, 5.74) is 0.811. The number of piperidine rings is 1.